The number of hydrogen-bond acceptors (Lipinski definition) is 5. The van der Waals surface area contributed by atoms with Crippen LogP contribution in [0.4, 0.5) is 11.6 Å². The minimum absolute atomic E-state index is 0.0643. The molecule has 3 aliphatic rings. The van der Waals surface area contributed by atoms with E-state index >= 15 is 0 Å². The number of anilines is 1. The molecule has 2 unspecified atom stereocenters. The first-order chi connectivity index (χ1) is 10.4. The van der Waals surface area contributed by atoms with Crippen LogP contribution in [0.2, 0.25) is 0 Å². The fourth-order valence-electron chi connectivity index (χ4n) is 3.65. The molecule has 2 bridgehead atoms. The van der Waals surface area contributed by atoms with E-state index in [0.717, 1.165) is 31.0 Å². The van der Waals surface area contributed by atoms with Gasteiger partial charge >= 0.3 is 5.97 Å². The van der Waals surface area contributed by atoms with Crippen LogP contribution in [-0.4, -0.2) is 35.9 Å². The van der Waals surface area contributed by atoms with Gasteiger partial charge in [-0.2, -0.15) is 0 Å². The number of fused-ring (bicyclic) bond motifs is 6. The van der Waals surface area contributed by atoms with Crippen LogP contribution >= 0.6 is 0 Å². The fraction of sp³-hybridized carbons (Fsp3) is 0.588. The Kier molecular flexibility index (Phi) is 2.83. The molecular weight excluding hydrogens is 278 g/mol. The molecular formula is C17H21N3O2. The Labute approximate surface area is 130 Å². The molecule has 0 spiro atoms. The summed E-state index contributed by atoms with van der Waals surface area (Å²) in [4.78, 5) is 23.7. The molecule has 0 amide bonds. The summed E-state index contributed by atoms with van der Waals surface area (Å²) < 4.78 is 5.57. The van der Waals surface area contributed by atoms with Crippen LogP contribution in [-0.2, 0) is 16.0 Å². The number of esters is 1. The second-order valence-electron chi connectivity index (χ2n) is 7.47. The standard InChI is InChI=1S/C17H21N3O2/c1-17(2,3)22-16(21)12-6-11-8-20(9-12)15-13(11)7-10-4-5-18-14(10)19-15/h5,7,11-12H,4,6,8-9H2,1-3H3. The Bertz CT molecular complexity index is 675. The summed E-state index contributed by atoms with van der Waals surface area (Å²) in [5.74, 6) is 2.11. The molecule has 0 N–H and O–H groups in total. The summed E-state index contributed by atoms with van der Waals surface area (Å²) in [6.45, 7) is 7.42. The molecule has 0 radical (unpaired) electrons. The van der Waals surface area contributed by atoms with Crippen LogP contribution in [0.15, 0.2) is 11.1 Å². The van der Waals surface area contributed by atoms with Gasteiger partial charge in [0.25, 0.3) is 0 Å². The molecule has 1 saturated heterocycles. The van der Waals surface area contributed by atoms with Crippen molar-refractivity contribution in [1.29, 1.82) is 0 Å². The minimum Gasteiger partial charge on any atom is -0.460 e. The first-order valence-electron chi connectivity index (χ1n) is 7.95. The molecule has 1 fully saturated rings. The molecule has 22 heavy (non-hydrogen) atoms. The molecule has 0 aliphatic carbocycles. The second kappa shape index (κ2) is 4.54. The van der Waals surface area contributed by atoms with E-state index in [4.69, 9.17) is 9.72 Å². The normalized spacial score (nSPS) is 25.1. The Morgan fingerprint density at radius 1 is 1.36 bits per heavy atom. The Balaban J connectivity index is 1.59. The molecule has 1 aromatic heterocycles. The number of aliphatic imine (C=N–C) groups is 1. The van der Waals surface area contributed by atoms with Crippen molar-refractivity contribution in [2.75, 3.05) is 18.0 Å². The number of carbonyl (C=O) groups is 1. The van der Waals surface area contributed by atoms with Gasteiger partial charge in [0.2, 0.25) is 0 Å². The van der Waals surface area contributed by atoms with E-state index in [1.807, 2.05) is 27.0 Å². The van der Waals surface area contributed by atoms with Gasteiger partial charge in [0.1, 0.15) is 11.4 Å². The lowest BCUT2D eigenvalue weighted by molar-refractivity contribution is -0.160. The Hall–Kier alpha value is -1.91. The number of piperidine rings is 1. The van der Waals surface area contributed by atoms with Crippen molar-refractivity contribution in [3.63, 3.8) is 0 Å². The summed E-state index contributed by atoms with van der Waals surface area (Å²) in [6, 6.07) is 2.24. The maximum Gasteiger partial charge on any atom is 0.311 e. The highest BCUT2D eigenvalue weighted by Crippen LogP contribution is 2.45. The highest BCUT2D eigenvalue weighted by atomic mass is 16.6. The predicted molar refractivity (Wildman–Crippen MR) is 85.0 cm³/mol. The Morgan fingerprint density at radius 2 is 2.18 bits per heavy atom. The summed E-state index contributed by atoms with van der Waals surface area (Å²) in [5, 5.41) is 0. The van der Waals surface area contributed by atoms with Crippen molar-refractivity contribution in [1.82, 2.24) is 4.98 Å². The monoisotopic (exact) mass is 299 g/mol. The molecule has 4 rings (SSSR count). The smallest absolute Gasteiger partial charge is 0.311 e. The number of hydrogen-bond donors (Lipinski definition) is 0. The topological polar surface area (TPSA) is 54.8 Å². The molecule has 3 aliphatic heterocycles. The van der Waals surface area contributed by atoms with E-state index in [1.165, 1.54) is 11.1 Å². The van der Waals surface area contributed by atoms with Gasteiger partial charge in [0, 0.05) is 42.8 Å². The number of aromatic nitrogens is 1. The third-order valence-electron chi connectivity index (χ3n) is 4.54. The van der Waals surface area contributed by atoms with Gasteiger partial charge in [-0.3, -0.25) is 4.79 Å². The third-order valence-corrected chi connectivity index (χ3v) is 4.54. The van der Waals surface area contributed by atoms with Gasteiger partial charge in [0.05, 0.1) is 5.92 Å². The van der Waals surface area contributed by atoms with E-state index in [-0.39, 0.29) is 11.9 Å². The zero-order valence-corrected chi connectivity index (χ0v) is 13.3. The zero-order valence-electron chi connectivity index (χ0n) is 13.3. The first-order valence-corrected chi connectivity index (χ1v) is 7.95. The van der Waals surface area contributed by atoms with E-state index < -0.39 is 5.60 Å². The van der Waals surface area contributed by atoms with Gasteiger partial charge in [-0.15, -0.1) is 0 Å². The summed E-state index contributed by atoms with van der Waals surface area (Å²) >= 11 is 0. The van der Waals surface area contributed by atoms with Crippen LogP contribution in [0.25, 0.3) is 0 Å². The van der Waals surface area contributed by atoms with Crippen molar-refractivity contribution < 1.29 is 9.53 Å². The van der Waals surface area contributed by atoms with Crippen molar-refractivity contribution in [3.05, 3.63) is 17.2 Å². The van der Waals surface area contributed by atoms with Crippen molar-refractivity contribution in [2.24, 2.45) is 10.9 Å². The van der Waals surface area contributed by atoms with E-state index in [9.17, 15) is 4.79 Å². The average molecular weight is 299 g/mol. The van der Waals surface area contributed by atoms with Gasteiger partial charge < -0.3 is 9.64 Å². The van der Waals surface area contributed by atoms with E-state index in [1.54, 1.807) is 0 Å². The molecule has 0 aromatic carbocycles. The SMILES string of the molecule is CC(C)(C)OC(=O)C1CC2CN(C1)c1nc3c(cc12)CC=N3. The van der Waals surface area contributed by atoms with E-state index in [2.05, 4.69) is 16.0 Å². The number of carbonyl (C=O) groups excluding carboxylic acids is 1. The number of ether oxygens (including phenoxy) is 1. The molecule has 116 valence electrons. The lowest BCUT2D eigenvalue weighted by Gasteiger charge is -2.31. The second-order valence-corrected chi connectivity index (χ2v) is 7.47. The summed E-state index contributed by atoms with van der Waals surface area (Å²) in [6.07, 6.45) is 3.65. The van der Waals surface area contributed by atoms with Gasteiger partial charge in [-0.25, -0.2) is 9.98 Å². The third kappa shape index (κ3) is 2.19. The van der Waals surface area contributed by atoms with Crippen LogP contribution in [0, 0.1) is 5.92 Å². The van der Waals surface area contributed by atoms with Crippen molar-refractivity contribution in [3.8, 4) is 0 Å². The summed E-state index contributed by atoms with van der Waals surface area (Å²) in [5.41, 5.74) is 2.07. The van der Waals surface area contributed by atoms with E-state index in [0.29, 0.717) is 12.5 Å². The average Bonchev–Trinajstić information content (AvgIpc) is 2.99. The highest BCUT2D eigenvalue weighted by Gasteiger charge is 2.42. The molecule has 2 atom stereocenters. The molecule has 5 heteroatoms. The number of pyridine rings is 1. The highest BCUT2D eigenvalue weighted by molar-refractivity contribution is 5.78. The van der Waals surface area contributed by atoms with Crippen molar-refractivity contribution in [2.45, 2.75) is 45.1 Å². The molecule has 4 heterocycles. The van der Waals surface area contributed by atoms with Gasteiger partial charge in [-0.05, 0) is 33.3 Å². The summed E-state index contributed by atoms with van der Waals surface area (Å²) in [7, 11) is 0. The van der Waals surface area contributed by atoms with Crippen LogP contribution in [0.3, 0.4) is 0 Å². The van der Waals surface area contributed by atoms with Gasteiger partial charge in [-0.1, -0.05) is 0 Å². The molecule has 1 aromatic rings. The largest absolute Gasteiger partial charge is 0.460 e. The predicted octanol–water partition coefficient (Wildman–Crippen LogP) is 2.61. The van der Waals surface area contributed by atoms with Crippen LogP contribution < -0.4 is 4.90 Å². The number of nitrogens with zero attached hydrogens (tertiary/aromatic N) is 3. The van der Waals surface area contributed by atoms with Crippen molar-refractivity contribution >= 4 is 23.8 Å². The molecule has 5 nitrogen and oxygen atoms in total. The zero-order chi connectivity index (χ0) is 15.5. The van der Waals surface area contributed by atoms with Crippen LogP contribution in [0.5, 0.6) is 0 Å². The Morgan fingerprint density at radius 3 is 2.95 bits per heavy atom. The first kappa shape index (κ1) is 13.7. The lowest BCUT2D eigenvalue weighted by atomic mass is 9.88. The minimum atomic E-state index is -0.427. The maximum atomic E-state index is 12.4. The van der Waals surface area contributed by atoms with Crippen LogP contribution in [0.1, 0.15) is 44.2 Å². The molecule has 0 saturated carbocycles. The van der Waals surface area contributed by atoms with Gasteiger partial charge in [0.15, 0.2) is 5.82 Å². The lowest BCUT2D eigenvalue weighted by Crippen LogP contribution is -2.40. The quantitative estimate of drug-likeness (QED) is 0.748. The maximum absolute atomic E-state index is 12.4. The fourth-order valence-corrected chi connectivity index (χ4v) is 3.65. The number of rotatable bonds is 1.